The number of carbonyl (C=O) groups excluding carboxylic acids is 2. The lowest BCUT2D eigenvalue weighted by Crippen LogP contribution is -2.41. The van der Waals surface area contributed by atoms with Crippen LogP contribution in [0.25, 0.3) is 0 Å². The highest BCUT2D eigenvalue weighted by Crippen LogP contribution is 2.26. The molecule has 0 spiro atoms. The van der Waals surface area contributed by atoms with Crippen molar-refractivity contribution in [3.8, 4) is 0 Å². The highest BCUT2D eigenvalue weighted by molar-refractivity contribution is 9.10. The van der Waals surface area contributed by atoms with E-state index in [0.717, 1.165) is 43.2 Å². The Morgan fingerprint density at radius 2 is 1.74 bits per heavy atom. The van der Waals surface area contributed by atoms with Crippen molar-refractivity contribution in [1.82, 2.24) is 4.90 Å². The van der Waals surface area contributed by atoms with Crippen molar-refractivity contribution < 1.29 is 14.3 Å². The molecule has 4 nitrogen and oxygen atoms in total. The number of ether oxygens (including phenoxy) is 1. The molecule has 1 saturated heterocycles. The van der Waals surface area contributed by atoms with E-state index in [0.29, 0.717) is 22.1 Å². The zero-order valence-corrected chi connectivity index (χ0v) is 20.6. The van der Waals surface area contributed by atoms with E-state index < -0.39 is 5.60 Å². The first-order valence-electron chi connectivity index (χ1n) is 10.7. The number of hydrogen-bond donors (Lipinski definition) is 0. The highest BCUT2D eigenvalue weighted by Gasteiger charge is 2.26. The van der Waals surface area contributed by atoms with E-state index in [9.17, 15) is 9.59 Å². The van der Waals surface area contributed by atoms with Gasteiger partial charge in [-0.3, -0.25) is 4.79 Å². The summed E-state index contributed by atoms with van der Waals surface area (Å²) in [6, 6.07) is 13.1. The lowest BCUT2D eigenvalue weighted by atomic mass is 9.90. The second-order valence-electron chi connectivity index (χ2n) is 9.10. The van der Waals surface area contributed by atoms with Crippen LogP contribution in [-0.4, -0.2) is 35.5 Å². The molecule has 1 aliphatic heterocycles. The Morgan fingerprint density at radius 1 is 1.10 bits per heavy atom. The third-order valence-electron chi connectivity index (χ3n) is 5.50. The third kappa shape index (κ3) is 6.81. The molecular weight excluding hydrogens is 478 g/mol. The van der Waals surface area contributed by atoms with E-state index in [1.807, 2.05) is 56.0 Å². The summed E-state index contributed by atoms with van der Waals surface area (Å²) < 4.78 is 6.31. The molecular formula is C25H29BrClNO3. The Hall–Kier alpha value is -1.85. The third-order valence-corrected chi connectivity index (χ3v) is 6.31. The molecule has 0 aromatic heterocycles. The van der Waals surface area contributed by atoms with Gasteiger partial charge < -0.3 is 9.64 Å². The first-order valence-corrected chi connectivity index (χ1v) is 11.9. The van der Waals surface area contributed by atoms with Crippen LogP contribution in [0, 0.1) is 5.92 Å². The van der Waals surface area contributed by atoms with Gasteiger partial charge in [0.2, 0.25) is 0 Å². The number of nitrogens with zero attached hydrogens (tertiary/aromatic N) is 1. The molecule has 31 heavy (non-hydrogen) atoms. The zero-order chi connectivity index (χ0) is 22.6. The fourth-order valence-corrected chi connectivity index (χ4v) is 4.51. The molecule has 0 atom stereocenters. The minimum Gasteiger partial charge on any atom is -0.444 e. The summed E-state index contributed by atoms with van der Waals surface area (Å²) in [7, 11) is 0. The van der Waals surface area contributed by atoms with Gasteiger partial charge in [-0.25, -0.2) is 4.79 Å². The van der Waals surface area contributed by atoms with Crippen LogP contribution in [-0.2, 0) is 11.2 Å². The van der Waals surface area contributed by atoms with E-state index in [1.54, 1.807) is 12.1 Å². The Labute approximate surface area is 198 Å². The van der Waals surface area contributed by atoms with Crippen molar-refractivity contribution in [3.63, 3.8) is 0 Å². The monoisotopic (exact) mass is 505 g/mol. The Balaban J connectivity index is 1.49. The fourth-order valence-electron chi connectivity index (χ4n) is 3.75. The molecule has 2 aromatic rings. The van der Waals surface area contributed by atoms with Crippen molar-refractivity contribution in [2.75, 3.05) is 13.1 Å². The molecule has 3 rings (SSSR count). The zero-order valence-electron chi connectivity index (χ0n) is 18.3. The van der Waals surface area contributed by atoms with Gasteiger partial charge in [0.1, 0.15) is 5.60 Å². The molecule has 0 bridgehead atoms. The average Bonchev–Trinajstić information content (AvgIpc) is 2.71. The van der Waals surface area contributed by atoms with Gasteiger partial charge >= 0.3 is 6.09 Å². The lowest BCUT2D eigenvalue weighted by molar-refractivity contribution is 0.0181. The first-order chi connectivity index (χ1) is 14.6. The normalized spacial score (nSPS) is 15.1. The van der Waals surface area contributed by atoms with Crippen LogP contribution in [0.5, 0.6) is 0 Å². The van der Waals surface area contributed by atoms with Gasteiger partial charge in [0.25, 0.3) is 0 Å². The SMILES string of the molecule is CC(C)(C)OC(=O)N1CCC(CCc2ccc(C(=O)c3ccc(Br)cc3Cl)cc2)CC1. The molecule has 0 unspecified atom stereocenters. The number of ketones is 1. The van der Waals surface area contributed by atoms with Gasteiger partial charge in [0.15, 0.2) is 5.78 Å². The van der Waals surface area contributed by atoms with E-state index >= 15 is 0 Å². The topological polar surface area (TPSA) is 46.6 Å². The number of piperidine rings is 1. The molecule has 2 aromatic carbocycles. The number of halogens is 2. The fraction of sp³-hybridized carbons (Fsp3) is 0.440. The van der Waals surface area contributed by atoms with Crippen LogP contribution in [0.1, 0.15) is 61.5 Å². The number of likely N-dealkylation sites (tertiary alicyclic amines) is 1. The summed E-state index contributed by atoms with van der Waals surface area (Å²) in [5, 5.41) is 0.446. The number of aryl methyl sites for hydroxylation is 1. The molecule has 1 amide bonds. The molecule has 0 aliphatic carbocycles. The van der Waals surface area contributed by atoms with Crippen LogP contribution >= 0.6 is 27.5 Å². The largest absolute Gasteiger partial charge is 0.444 e. The van der Waals surface area contributed by atoms with E-state index in [2.05, 4.69) is 15.9 Å². The second kappa shape index (κ2) is 10.2. The Bertz CT molecular complexity index is 929. The number of amides is 1. The molecule has 0 N–H and O–H groups in total. The predicted molar refractivity (Wildman–Crippen MR) is 128 cm³/mol. The van der Waals surface area contributed by atoms with Gasteiger partial charge in [0, 0.05) is 28.7 Å². The Kier molecular flexibility index (Phi) is 7.82. The van der Waals surface area contributed by atoms with Crippen LogP contribution < -0.4 is 0 Å². The van der Waals surface area contributed by atoms with Crippen LogP contribution in [0.3, 0.4) is 0 Å². The molecule has 0 saturated carbocycles. The lowest BCUT2D eigenvalue weighted by Gasteiger charge is -2.33. The summed E-state index contributed by atoms with van der Waals surface area (Å²) >= 11 is 9.58. The van der Waals surface area contributed by atoms with Crippen molar-refractivity contribution in [2.24, 2.45) is 5.92 Å². The first kappa shape index (κ1) is 23.8. The van der Waals surface area contributed by atoms with Gasteiger partial charge in [-0.2, -0.15) is 0 Å². The summed E-state index contributed by atoms with van der Waals surface area (Å²) in [6.07, 6.45) is 3.83. The second-order valence-corrected chi connectivity index (χ2v) is 10.4. The molecule has 1 heterocycles. The molecule has 6 heteroatoms. The predicted octanol–water partition coefficient (Wildman–Crippen LogP) is 6.91. The maximum atomic E-state index is 12.7. The number of hydrogen-bond acceptors (Lipinski definition) is 3. The van der Waals surface area contributed by atoms with Gasteiger partial charge in [-0.15, -0.1) is 0 Å². The molecule has 166 valence electrons. The standard InChI is InChI=1S/C25H29BrClNO3/c1-25(2,3)31-24(30)28-14-12-18(13-15-28)5-4-17-6-8-19(9-7-17)23(29)21-11-10-20(26)16-22(21)27/h6-11,16,18H,4-5,12-15H2,1-3H3. The van der Waals surface area contributed by atoms with Gasteiger partial charge in [0.05, 0.1) is 5.02 Å². The number of carbonyl (C=O) groups is 2. The number of benzene rings is 2. The van der Waals surface area contributed by atoms with E-state index in [-0.39, 0.29) is 11.9 Å². The van der Waals surface area contributed by atoms with E-state index in [4.69, 9.17) is 16.3 Å². The number of rotatable bonds is 5. The summed E-state index contributed by atoms with van der Waals surface area (Å²) in [5.41, 5.74) is 1.91. The van der Waals surface area contributed by atoms with Gasteiger partial charge in [-0.05, 0) is 76.1 Å². The van der Waals surface area contributed by atoms with Crippen LogP contribution in [0.15, 0.2) is 46.9 Å². The highest BCUT2D eigenvalue weighted by atomic mass is 79.9. The summed E-state index contributed by atoms with van der Waals surface area (Å²) in [6.45, 7) is 7.18. The van der Waals surface area contributed by atoms with Crippen molar-refractivity contribution in [2.45, 2.75) is 52.1 Å². The van der Waals surface area contributed by atoms with Crippen LogP contribution in [0.2, 0.25) is 5.02 Å². The molecule has 1 fully saturated rings. The van der Waals surface area contributed by atoms with Crippen molar-refractivity contribution in [3.05, 3.63) is 68.7 Å². The quantitative estimate of drug-likeness (QED) is 0.414. The summed E-state index contributed by atoms with van der Waals surface area (Å²) in [4.78, 5) is 26.7. The minimum absolute atomic E-state index is 0.0708. The maximum absolute atomic E-state index is 12.7. The minimum atomic E-state index is -0.454. The van der Waals surface area contributed by atoms with Gasteiger partial charge in [-0.1, -0.05) is 51.8 Å². The maximum Gasteiger partial charge on any atom is 0.410 e. The van der Waals surface area contributed by atoms with Crippen molar-refractivity contribution >= 4 is 39.4 Å². The Morgan fingerprint density at radius 3 is 2.32 bits per heavy atom. The van der Waals surface area contributed by atoms with Crippen LogP contribution in [0.4, 0.5) is 4.79 Å². The smallest absolute Gasteiger partial charge is 0.410 e. The molecule has 0 radical (unpaired) electrons. The van der Waals surface area contributed by atoms with E-state index in [1.165, 1.54) is 5.56 Å². The summed E-state index contributed by atoms with van der Waals surface area (Å²) in [5.74, 6) is 0.528. The van der Waals surface area contributed by atoms with Crippen molar-refractivity contribution in [1.29, 1.82) is 0 Å². The average molecular weight is 507 g/mol. The molecule has 1 aliphatic rings.